The maximum atomic E-state index is 12.1. The molecule has 0 aliphatic carbocycles. The predicted octanol–water partition coefficient (Wildman–Crippen LogP) is -0.112. The normalized spacial score (nSPS) is 11.1. The summed E-state index contributed by atoms with van der Waals surface area (Å²) in [5, 5.41) is 5.73. The van der Waals surface area contributed by atoms with Crippen LogP contribution >= 0.6 is 0 Å². The molecule has 0 spiro atoms. The summed E-state index contributed by atoms with van der Waals surface area (Å²) in [6, 6.07) is 5.59. The molecule has 128 valence electrons. The summed E-state index contributed by atoms with van der Waals surface area (Å²) in [5.74, 6) is -1.33. The highest BCUT2D eigenvalue weighted by Crippen LogP contribution is 2.13. The van der Waals surface area contributed by atoms with Gasteiger partial charge in [-0.15, -0.1) is 0 Å². The number of hydrogen-bond donors (Lipinski definition) is 2. The van der Waals surface area contributed by atoms with E-state index in [0.29, 0.717) is 12.1 Å². The molecule has 0 atom stereocenters. The van der Waals surface area contributed by atoms with E-state index in [2.05, 4.69) is 10.6 Å². The van der Waals surface area contributed by atoms with E-state index >= 15 is 0 Å². The molecule has 0 heterocycles. The number of hydrogen-bond acceptors (Lipinski definition) is 5. The molecular weight excluding hydrogens is 318 g/mol. The van der Waals surface area contributed by atoms with E-state index in [1.165, 1.54) is 43.3 Å². The molecule has 2 amide bonds. The van der Waals surface area contributed by atoms with Gasteiger partial charge in [0.2, 0.25) is 5.91 Å². The Kier molecular flexibility index (Phi) is 7.18. The molecule has 0 unspecified atom stereocenters. The lowest BCUT2D eigenvalue weighted by molar-refractivity contribution is -0.125. The lowest BCUT2D eigenvalue weighted by Crippen LogP contribution is -2.29. The number of carbonyl (C=O) groups excluding carboxylic acids is 2. The van der Waals surface area contributed by atoms with Crippen molar-refractivity contribution in [3.8, 4) is 0 Å². The first-order valence-electron chi connectivity index (χ1n) is 7.23. The van der Waals surface area contributed by atoms with E-state index < -0.39 is 21.5 Å². The fraction of sp³-hybridized carbons (Fsp3) is 0.467. The van der Waals surface area contributed by atoms with Crippen LogP contribution in [0.3, 0.4) is 0 Å². The maximum absolute atomic E-state index is 12.1. The van der Waals surface area contributed by atoms with Crippen LogP contribution < -0.4 is 10.6 Å². The van der Waals surface area contributed by atoms with Crippen molar-refractivity contribution in [2.24, 2.45) is 0 Å². The highest BCUT2D eigenvalue weighted by Gasteiger charge is 2.20. The van der Waals surface area contributed by atoms with Gasteiger partial charge in [0.1, 0.15) is 5.75 Å². The zero-order valence-corrected chi connectivity index (χ0v) is 14.4. The summed E-state index contributed by atoms with van der Waals surface area (Å²) in [5.41, 5.74) is 0.382. The van der Waals surface area contributed by atoms with Gasteiger partial charge in [-0.3, -0.25) is 9.59 Å². The van der Waals surface area contributed by atoms with E-state index in [-0.39, 0.29) is 10.8 Å². The van der Waals surface area contributed by atoms with E-state index in [4.69, 9.17) is 0 Å². The van der Waals surface area contributed by atoms with Crippen LogP contribution in [0.2, 0.25) is 0 Å². The van der Waals surface area contributed by atoms with Crippen molar-refractivity contribution in [1.82, 2.24) is 15.5 Å². The molecule has 0 aliphatic heterocycles. The Bertz CT molecular complexity index is 639. The van der Waals surface area contributed by atoms with Crippen LogP contribution in [-0.2, 0) is 14.6 Å². The Labute approximate surface area is 137 Å². The first-order chi connectivity index (χ1) is 10.8. The van der Waals surface area contributed by atoms with Gasteiger partial charge in [-0.25, -0.2) is 8.42 Å². The van der Waals surface area contributed by atoms with Gasteiger partial charge >= 0.3 is 0 Å². The summed E-state index contributed by atoms with van der Waals surface area (Å²) in [6.07, 6.45) is 0.807. The van der Waals surface area contributed by atoms with Crippen molar-refractivity contribution in [3.05, 3.63) is 29.8 Å². The molecule has 0 saturated heterocycles. The third-order valence-electron chi connectivity index (χ3n) is 3.18. The zero-order valence-electron chi connectivity index (χ0n) is 13.6. The van der Waals surface area contributed by atoms with Crippen LogP contribution in [-0.4, -0.2) is 65.1 Å². The standard InChI is InChI=1S/C15H23N3O4S/c1-16-9-4-10-17-15(20)12-5-7-13(8-6-12)23(21,22)11-14(19)18(2)3/h5-8,16H,4,9-11H2,1-3H3,(H,17,20). The number of benzene rings is 1. The molecule has 0 radical (unpaired) electrons. The van der Waals surface area contributed by atoms with Crippen LogP contribution in [0.4, 0.5) is 0 Å². The third kappa shape index (κ3) is 5.99. The molecule has 1 aromatic rings. The van der Waals surface area contributed by atoms with Crippen molar-refractivity contribution >= 4 is 21.7 Å². The third-order valence-corrected chi connectivity index (χ3v) is 4.79. The van der Waals surface area contributed by atoms with Crippen LogP contribution in [0.1, 0.15) is 16.8 Å². The minimum Gasteiger partial charge on any atom is -0.352 e. The second-order valence-corrected chi connectivity index (χ2v) is 7.27. The lowest BCUT2D eigenvalue weighted by atomic mass is 10.2. The van der Waals surface area contributed by atoms with Crippen molar-refractivity contribution in [2.75, 3.05) is 40.0 Å². The van der Waals surface area contributed by atoms with Gasteiger partial charge in [0.05, 0.1) is 4.90 Å². The zero-order chi connectivity index (χ0) is 17.5. The van der Waals surface area contributed by atoms with Gasteiger partial charge in [0.25, 0.3) is 5.91 Å². The van der Waals surface area contributed by atoms with E-state index in [0.717, 1.165) is 13.0 Å². The molecule has 0 bridgehead atoms. The Morgan fingerprint density at radius 2 is 1.70 bits per heavy atom. The maximum Gasteiger partial charge on any atom is 0.251 e. The monoisotopic (exact) mass is 341 g/mol. The van der Waals surface area contributed by atoms with E-state index in [1.807, 2.05) is 7.05 Å². The second kappa shape index (κ2) is 8.64. The molecule has 8 heteroatoms. The molecule has 0 aromatic heterocycles. The van der Waals surface area contributed by atoms with Gasteiger partial charge in [0.15, 0.2) is 9.84 Å². The van der Waals surface area contributed by atoms with Crippen LogP contribution in [0, 0.1) is 0 Å². The molecule has 7 nitrogen and oxygen atoms in total. The summed E-state index contributed by atoms with van der Waals surface area (Å²) < 4.78 is 24.2. The molecule has 23 heavy (non-hydrogen) atoms. The first kappa shape index (κ1) is 19.1. The smallest absolute Gasteiger partial charge is 0.251 e. The Balaban J connectivity index is 2.72. The molecule has 2 N–H and O–H groups in total. The molecular formula is C15H23N3O4S. The lowest BCUT2D eigenvalue weighted by Gasteiger charge is -2.11. The average molecular weight is 341 g/mol. The summed E-state index contributed by atoms with van der Waals surface area (Å²) >= 11 is 0. The highest BCUT2D eigenvalue weighted by molar-refractivity contribution is 7.92. The Morgan fingerprint density at radius 3 is 2.22 bits per heavy atom. The molecule has 1 aromatic carbocycles. The topological polar surface area (TPSA) is 95.6 Å². The van der Waals surface area contributed by atoms with Crippen molar-refractivity contribution < 1.29 is 18.0 Å². The van der Waals surface area contributed by atoms with Crippen molar-refractivity contribution in [3.63, 3.8) is 0 Å². The van der Waals surface area contributed by atoms with Crippen LogP contribution in [0.15, 0.2) is 29.2 Å². The number of nitrogens with zero attached hydrogens (tertiary/aromatic N) is 1. The van der Waals surface area contributed by atoms with Crippen LogP contribution in [0.25, 0.3) is 0 Å². The summed E-state index contributed by atoms with van der Waals surface area (Å²) in [4.78, 5) is 24.7. The fourth-order valence-corrected chi connectivity index (χ4v) is 3.06. The molecule has 0 saturated carbocycles. The number of amides is 2. The first-order valence-corrected chi connectivity index (χ1v) is 8.89. The predicted molar refractivity (Wildman–Crippen MR) is 88.1 cm³/mol. The molecule has 0 fully saturated rings. The molecule has 1 rings (SSSR count). The fourth-order valence-electron chi connectivity index (χ4n) is 1.76. The van der Waals surface area contributed by atoms with Gasteiger partial charge in [0, 0.05) is 26.2 Å². The van der Waals surface area contributed by atoms with Crippen molar-refractivity contribution in [1.29, 1.82) is 0 Å². The Morgan fingerprint density at radius 1 is 1.09 bits per heavy atom. The van der Waals surface area contributed by atoms with Gasteiger partial charge in [-0.2, -0.15) is 0 Å². The number of carbonyl (C=O) groups is 2. The number of rotatable bonds is 8. The SMILES string of the molecule is CNCCCNC(=O)c1ccc(S(=O)(=O)CC(=O)N(C)C)cc1. The van der Waals surface area contributed by atoms with Gasteiger partial charge < -0.3 is 15.5 Å². The average Bonchev–Trinajstić information content (AvgIpc) is 2.51. The van der Waals surface area contributed by atoms with Crippen LogP contribution in [0.5, 0.6) is 0 Å². The Hall–Kier alpha value is -1.93. The highest BCUT2D eigenvalue weighted by atomic mass is 32.2. The largest absolute Gasteiger partial charge is 0.352 e. The van der Waals surface area contributed by atoms with E-state index in [1.54, 1.807) is 0 Å². The number of sulfone groups is 1. The quantitative estimate of drug-likeness (QED) is 0.643. The molecule has 0 aliphatic rings. The van der Waals surface area contributed by atoms with Gasteiger partial charge in [-0.05, 0) is 44.3 Å². The minimum absolute atomic E-state index is 0.0273. The summed E-state index contributed by atoms with van der Waals surface area (Å²) in [6.45, 7) is 1.34. The number of nitrogens with one attached hydrogen (secondary N) is 2. The van der Waals surface area contributed by atoms with E-state index in [9.17, 15) is 18.0 Å². The van der Waals surface area contributed by atoms with Crippen molar-refractivity contribution in [2.45, 2.75) is 11.3 Å². The summed E-state index contributed by atoms with van der Waals surface area (Å²) in [7, 11) is 1.13. The van der Waals surface area contributed by atoms with Gasteiger partial charge in [-0.1, -0.05) is 0 Å². The second-order valence-electron chi connectivity index (χ2n) is 5.28. The minimum atomic E-state index is -3.70.